The van der Waals surface area contributed by atoms with Crippen LogP contribution in [0.4, 0.5) is 0 Å². The highest BCUT2D eigenvalue weighted by atomic mass is 16.8. The molecule has 4 saturated heterocycles. The first-order valence-electron chi connectivity index (χ1n) is 32.5. The number of rotatable bonds is 22. The molecule has 14 N–H and O–H groups in total. The predicted molar refractivity (Wildman–Crippen MR) is 310 cm³/mol. The van der Waals surface area contributed by atoms with Gasteiger partial charge >= 0.3 is 5.97 Å². The van der Waals surface area contributed by atoms with E-state index in [9.17, 15) is 71.3 Å². The van der Waals surface area contributed by atoms with Gasteiger partial charge in [0.05, 0.1) is 57.0 Å². The molecule has 9 aliphatic rings. The number of hydrogen-bond acceptors (Lipinski definition) is 24. The van der Waals surface area contributed by atoms with Crippen LogP contribution in [-0.2, 0) is 47.5 Å². The van der Waals surface area contributed by atoms with Crippen LogP contribution in [0.1, 0.15) is 164 Å². The van der Waals surface area contributed by atoms with Crippen LogP contribution in [0, 0.1) is 50.2 Å². The van der Waals surface area contributed by atoms with Crippen LogP contribution in [0.3, 0.4) is 0 Å². The Bertz CT molecular complexity index is 2440. The summed E-state index contributed by atoms with van der Waals surface area (Å²) in [6.07, 6.45) is -10.6. The molecule has 4 saturated carbocycles. The van der Waals surface area contributed by atoms with Gasteiger partial charge in [-0.15, -0.1) is 5.16 Å². The Balaban J connectivity index is 0.906. The van der Waals surface area contributed by atoms with E-state index in [1.807, 2.05) is 6.92 Å². The first-order valence-corrected chi connectivity index (χ1v) is 32.5. The lowest BCUT2D eigenvalue weighted by molar-refractivity contribution is -0.370. The van der Waals surface area contributed by atoms with Gasteiger partial charge in [-0.05, 0) is 117 Å². The first kappa shape index (κ1) is 69.7. The highest BCUT2D eigenvalue weighted by Gasteiger charge is 2.72. The Kier molecular flexibility index (Phi) is 21.7. The van der Waals surface area contributed by atoms with Gasteiger partial charge in [0.1, 0.15) is 73.1 Å². The van der Waals surface area contributed by atoms with E-state index in [1.165, 1.54) is 13.1 Å². The van der Waals surface area contributed by atoms with E-state index in [0.717, 1.165) is 56.9 Å². The Morgan fingerprint density at radius 1 is 0.705 bits per heavy atom. The van der Waals surface area contributed by atoms with Gasteiger partial charge in [-0.1, -0.05) is 91.7 Å². The summed E-state index contributed by atoms with van der Waals surface area (Å²) >= 11 is 0. The smallest absolute Gasteiger partial charge is 0.317 e. The minimum Gasteiger partial charge on any atom is -0.432 e. The maximum atomic E-state index is 15.8. The zero-order valence-corrected chi connectivity index (χ0v) is 52.4. The van der Waals surface area contributed by atoms with E-state index in [2.05, 4.69) is 51.2 Å². The second-order valence-corrected chi connectivity index (χ2v) is 29.2. The molecule has 0 spiro atoms. The molecule has 9 rings (SSSR count). The van der Waals surface area contributed by atoms with Crippen molar-refractivity contribution < 1.29 is 114 Å². The standard InChI is InChI=1S/C63H104N2O23/c1-33-50(86-53-48(75)45(72)36(68)30-81-53)47(74)49(76)54(84-33)87-51-46(73)44(65-43(71)16-14-12-10-8-9-11-13-15-25-83-63(79)32-82-38(29-67)52(63)77)37(28-66)85-55(51)88-56(78)62-24-23-57(2,3)26-35(62)34-17-18-40-58(4)21-20-41(69)59(5,31-64-80)39(58)19-22-60(40,6)61(34,7)27-42(62)70/h17,31,33,35-42,44-55,66-70,72-77,79-80H,8-16,18-30,32H2,1-7H3,(H,65,71)/b64-31+/t33?,35?,36-,37+,38+,39-,40?,41+,42?,44?,45?,46?,47?,48?,49?,50+,51?,52?,53+,54+,55+,58?,59-,60?,61-,62-,63?/m1/s1. The lowest BCUT2D eigenvalue weighted by atomic mass is 9.33. The van der Waals surface area contributed by atoms with E-state index in [0.29, 0.717) is 44.9 Å². The number of aliphatic hydroxyl groups excluding tert-OH is 11. The molecule has 0 aromatic carbocycles. The van der Waals surface area contributed by atoms with Gasteiger partial charge < -0.3 is 110 Å². The van der Waals surface area contributed by atoms with Crippen molar-refractivity contribution >= 4 is 18.1 Å². The summed E-state index contributed by atoms with van der Waals surface area (Å²) < 4.78 is 47.3. The van der Waals surface area contributed by atoms with Gasteiger partial charge in [0.25, 0.3) is 0 Å². The van der Waals surface area contributed by atoms with Crippen molar-refractivity contribution in [3.05, 3.63) is 11.6 Å². The molecule has 0 aromatic rings. The number of aliphatic hydroxyl groups is 12. The molecule has 8 fully saturated rings. The van der Waals surface area contributed by atoms with Crippen LogP contribution < -0.4 is 5.32 Å². The summed E-state index contributed by atoms with van der Waals surface area (Å²) in [6, 6.07) is -1.38. The number of carbonyl (C=O) groups excluding carboxylic acids is 2. The third kappa shape index (κ3) is 12.8. The molecule has 0 bridgehead atoms. The summed E-state index contributed by atoms with van der Waals surface area (Å²) in [5.74, 6) is -3.58. The van der Waals surface area contributed by atoms with Gasteiger partial charge in [-0.25, -0.2) is 0 Å². The van der Waals surface area contributed by atoms with E-state index in [-0.39, 0.29) is 60.6 Å². The van der Waals surface area contributed by atoms with E-state index in [4.69, 9.17) is 37.9 Å². The monoisotopic (exact) mass is 1260 g/mol. The fourth-order valence-electron chi connectivity index (χ4n) is 17.9. The van der Waals surface area contributed by atoms with Gasteiger partial charge in [-0.2, -0.15) is 0 Å². The summed E-state index contributed by atoms with van der Waals surface area (Å²) in [5.41, 5.74) is -2.77. The number of allylic oxidation sites excluding steroid dienone is 2. The number of oxime groups is 1. The van der Waals surface area contributed by atoms with Gasteiger partial charge in [-0.3, -0.25) is 9.59 Å². The van der Waals surface area contributed by atoms with Gasteiger partial charge in [0.15, 0.2) is 18.7 Å². The van der Waals surface area contributed by atoms with Crippen molar-refractivity contribution in [1.29, 1.82) is 0 Å². The van der Waals surface area contributed by atoms with Crippen molar-refractivity contribution in [2.24, 2.45) is 55.4 Å². The minimum atomic E-state index is -1.96. The highest BCUT2D eigenvalue weighted by molar-refractivity contribution is 5.80. The lowest BCUT2D eigenvalue weighted by Crippen LogP contribution is -2.69. The summed E-state index contributed by atoms with van der Waals surface area (Å²) in [4.78, 5) is 29.5. The lowest BCUT2D eigenvalue weighted by Gasteiger charge is -2.71. The molecular formula is C63H104N2O23. The SMILES string of the molecule is CC1O[C@@H](OC2C(O)C(NC(=O)CCCCCCCCCCOC3(O)CO[C@@H](CO)C3O)[C@H](CO)O[C@H]2OC(=O)[C@]23CCC(C)(C)CC2C2=CCC4C5(C)CC[C@H](O)[C@](C)(/C=N/O)[C@@H]5CCC4(C)[C@]2(C)CC3O)C(O)C(O)[C@H]1O[C@@H]1OC[C@@H](O)C(O)C1O. The molecule has 88 heavy (non-hydrogen) atoms. The fourth-order valence-corrected chi connectivity index (χ4v) is 17.9. The van der Waals surface area contributed by atoms with Gasteiger partial charge in [0.2, 0.25) is 18.0 Å². The summed E-state index contributed by atoms with van der Waals surface area (Å²) in [5, 5.41) is 148. The van der Waals surface area contributed by atoms with Crippen molar-refractivity contribution in [3.63, 3.8) is 0 Å². The van der Waals surface area contributed by atoms with Crippen LogP contribution >= 0.6 is 0 Å². The number of nitrogens with one attached hydrogen (secondary N) is 1. The Hall–Kier alpha value is -2.61. The van der Waals surface area contributed by atoms with Crippen molar-refractivity contribution in [2.45, 2.75) is 280 Å². The van der Waals surface area contributed by atoms with Crippen LogP contribution in [0.2, 0.25) is 0 Å². The third-order valence-corrected chi connectivity index (χ3v) is 23.5. The maximum Gasteiger partial charge on any atom is 0.317 e. The van der Waals surface area contributed by atoms with Crippen LogP contribution in [0.15, 0.2) is 16.8 Å². The van der Waals surface area contributed by atoms with Gasteiger partial charge in [0, 0.05) is 11.8 Å². The number of carbonyl (C=O) groups is 2. The zero-order valence-electron chi connectivity index (χ0n) is 52.4. The quantitative estimate of drug-likeness (QED) is 0.0138. The molecule has 27 atom stereocenters. The second-order valence-electron chi connectivity index (χ2n) is 29.2. The third-order valence-electron chi connectivity index (χ3n) is 23.5. The molecule has 15 unspecified atom stereocenters. The number of fused-ring (bicyclic) bond motifs is 7. The molecule has 0 radical (unpaired) electrons. The normalized spacial score (nSPS) is 48.4. The largest absolute Gasteiger partial charge is 0.432 e. The topological polar surface area (TPSA) is 395 Å². The highest BCUT2D eigenvalue weighted by Crippen LogP contribution is 2.76. The number of hydrogen-bond donors (Lipinski definition) is 14. The molecular weight excluding hydrogens is 1150 g/mol. The molecule has 1 amide bonds. The molecule has 5 aliphatic carbocycles. The average Bonchev–Trinajstić information content (AvgIpc) is 0.830. The van der Waals surface area contributed by atoms with Crippen LogP contribution in [0.25, 0.3) is 0 Å². The number of ether oxygens (including phenoxy) is 8. The maximum absolute atomic E-state index is 15.8. The average molecular weight is 1260 g/mol. The first-order chi connectivity index (χ1) is 41.5. The van der Waals surface area contributed by atoms with Crippen molar-refractivity contribution in [2.75, 3.05) is 33.0 Å². The summed E-state index contributed by atoms with van der Waals surface area (Å²) in [6.45, 7) is 12.9. The molecule has 25 heteroatoms. The van der Waals surface area contributed by atoms with Crippen LogP contribution in [-0.4, -0.2) is 234 Å². The number of unbranched alkanes of at least 4 members (excludes halogenated alkanes) is 7. The molecule has 25 nitrogen and oxygen atoms in total. The predicted octanol–water partition coefficient (Wildman–Crippen LogP) is 1.31. The molecule has 504 valence electrons. The fraction of sp³-hybridized carbons (Fsp3) is 0.921. The van der Waals surface area contributed by atoms with Crippen molar-refractivity contribution in [1.82, 2.24) is 5.32 Å². The van der Waals surface area contributed by atoms with E-state index < -0.39 is 170 Å². The Labute approximate surface area is 516 Å². The van der Waals surface area contributed by atoms with Crippen LogP contribution in [0.5, 0.6) is 0 Å². The number of esters is 1. The van der Waals surface area contributed by atoms with Crippen molar-refractivity contribution in [3.8, 4) is 0 Å². The number of nitrogens with zero attached hydrogens (tertiary/aromatic N) is 1. The second kappa shape index (κ2) is 27.4. The number of amides is 1. The zero-order chi connectivity index (χ0) is 64.1. The molecule has 4 aliphatic heterocycles. The summed E-state index contributed by atoms with van der Waals surface area (Å²) in [7, 11) is 0. The molecule has 0 aromatic heterocycles. The Morgan fingerprint density at radius 2 is 1.36 bits per heavy atom. The Morgan fingerprint density at radius 3 is 2.03 bits per heavy atom. The minimum absolute atomic E-state index is 0.00890. The van der Waals surface area contributed by atoms with E-state index >= 15 is 4.79 Å². The van der Waals surface area contributed by atoms with E-state index in [1.54, 1.807) is 0 Å². The molecule has 4 heterocycles.